The summed E-state index contributed by atoms with van der Waals surface area (Å²) < 4.78 is 0. The highest BCUT2D eigenvalue weighted by Crippen LogP contribution is 1.62. The maximum atomic E-state index is 4.00. The molecule has 0 aromatic carbocycles. The Morgan fingerprint density at radius 2 is 1.86 bits per heavy atom. The first kappa shape index (κ1) is 9.99. The topological polar surface area (TPSA) is 64.1 Å². The first-order valence-corrected chi connectivity index (χ1v) is 2.39. The van der Waals surface area contributed by atoms with Gasteiger partial charge in [-0.1, -0.05) is 6.92 Å². The summed E-state index contributed by atoms with van der Waals surface area (Å²) in [7, 11) is 1.96. The maximum absolute atomic E-state index is 4.00. The van der Waals surface area contributed by atoms with Crippen molar-refractivity contribution in [3.8, 4) is 0 Å². The number of nitrogens with one attached hydrogen (secondary N) is 1. The largest absolute Gasteiger partial charge is 0.320 e. The third-order valence-electron chi connectivity index (χ3n) is 0.500. The summed E-state index contributed by atoms with van der Waals surface area (Å²) in [6.45, 7) is 3.29. The van der Waals surface area contributed by atoms with E-state index in [2.05, 4.69) is 23.9 Å². The number of nitrogens with two attached hydrogens (primary N) is 2. The van der Waals surface area contributed by atoms with Gasteiger partial charge in [0.2, 0.25) is 0 Å². The van der Waals surface area contributed by atoms with E-state index in [-0.39, 0.29) is 0 Å². The molecule has 0 radical (unpaired) electrons. The van der Waals surface area contributed by atoms with Crippen molar-refractivity contribution in [1.29, 1.82) is 0 Å². The monoisotopic (exact) mass is 105 g/mol. The van der Waals surface area contributed by atoms with Gasteiger partial charge in [0.1, 0.15) is 0 Å². The Labute approximate surface area is 45.0 Å². The molecule has 0 rings (SSSR count). The molecule has 0 fully saturated rings. The van der Waals surface area contributed by atoms with Gasteiger partial charge in [0.15, 0.2) is 0 Å². The molecule has 7 heavy (non-hydrogen) atoms. The predicted octanol–water partition coefficient (Wildman–Crippen LogP) is -0.565. The number of rotatable bonds is 2. The fourth-order valence-corrected chi connectivity index (χ4v) is 0.250. The Morgan fingerprint density at radius 3 is 1.86 bits per heavy atom. The molecular formula is C4H15N3. The molecule has 0 spiro atoms. The van der Waals surface area contributed by atoms with Crippen LogP contribution in [0.5, 0.6) is 0 Å². The third-order valence-corrected chi connectivity index (χ3v) is 0.500. The van der Waals surface area contributed by atoms with E-state index in [1.165, 1.54) is 6.42 Å². The highest BCUT2D eigenvalue weighted by Gasteiger charge is 1.64. The molecule has 5 N–H and O–H groups in total. The maximum Gasteiger partial charge on any atom is -0.00546 e. The minimum Gasteiger partial charge on any atom is -0.320 e. The molecule has 3 heteroatoms. The molecule has 0 aliphatic rings. The van der Waals surface area contributed by atoms with Crippen molar-refractivity contribution in [1.82, 2.24) is 5.32 Å². The lowest BCUT2D eigenvalue weighted by molar-refractivity contribution is 0.772. The summed E-state index contributed by atoms with van der Waals surface area (Å²) >= 11 is 0. The quantitative estimate of drug-likeness (QED) is 0.325. The molecule has 0 aromatic rings. The van der Waals surface area contributed by atoms with Crippen LogP contribution in [0.25, 0.3) is 0 Å². The smallest absolute Gasteiger partial charge is 0.00546 e. The van der Waals surface area contributed by atoms with Crippen LogP contribution in [0.2, 0.25) is 0 Å². The second-order valence-electron chi connectivity index (χ2n) is 1.10. The number of hydrogen-bond acceptors (Lipinski definition) is 3. The standard InChI is InChI=1S/C4H11N.H4N2/c1-3-4-5-2;1-2/h5H,3-4H2,1-2H3;1-2H2. The minimum atomic E-state index is 1.14. The van der Waals surface area contributed by atoms with Gasteiger partial charge < -0.3 is 5.32 Å². The Hall–Kier alpha value is -0.120. The van der Waals surface area contributed by atoms with E-state index in [4.69, 9.17) is 0 Å². The summed E-state index contributed by atoms with van der Waals surface area (Å²) in [5, 5.41) is 3.02. The minimum absolute atomic E-state index is 1.14. The Balaban J connectivity index is 0. The molecule has 0 aromatic heterocycles. The zero-order valence-corrected chi connectivity index (χ0v) is 5.07. The molecule has 3 nitrogen and oxygen atoms in total. The second kappa shape index (κ2) is 16.9. The van der Waals surface area contributed by atoms with Gasteiger partial charge in [-0.05, 0) is 20.0 Å². The van der Waals surface area contributed by atoms with Crippen LogP contribution in [0.4, 0.5) is 0 Å². The van der Waals surface area contributed by atoms with Crippen molar-refractivity contribution in [3.05, 3.63) is 0 Å². The lowest BCUT2D eigenvalue weighted by Gasteiger charge is -1.84. The summed E-state index contributed by atoms with van der Waals surface area (Å²) in [5.41, 5.74) is 0. The average molecular weight is 105 g/mol. The van der Waals surface area contributed by atoms with Crippen LogP contribution < -0.4 is 17.0 Å². The lowest BCUT2D eigenvalue weighted by Crippen LogP contribution is -2.04. The molecule has 0 atom stereocenters. The third kappa shape index (κ3) is 25.0. The Bertz CT molecular complexity index is 14.4. The van der Waals surface area contributed by atoms with E-state index in [9.17, 15) is 0 Å². The zero-order chi connectivity index (χ0) is 6.12. The second-order valence-corrected chi connectivity index (χ2v) is 1.10. The first-order chi connectivity index (χ1) is 3.41. The number of hydrazine groups is 1. The summed E-state index contributed by atoms with van der Waals surface area (Å²) in [4.78, 5) is 0. The first-order valence-electron chi connectivity index (χ1n) is 2.39. The molecule has 0 aliphatic carbocycles. The van der Waals surface area contributed by atoms with Crippen LogP contribution in [0.15, 0.2) is 0 Å². The van der Waals surface area contributed by atoms with Gasteiger partial charge in [-0.25, -0.2) is 0 Å². The lowest BCUT2D eigenvalue weighted by atomic mass is 10.5. The fourth-order valence-electron chi connectivity index (χ4n) is 0.250. The van der Waals surface area contributed by atoms with Gasteiger partial charge in [-0.15, -0.1) is 0 Å². The molecule has 0 saturated heterocycles. The Morgan fingerprint density at radius 1 is 1.43 bits per heavy atom. The summed E-state index contributed by atoms with van der Waals surface area (Å²) in [6, 6.07) is 0. The van der Waals surface area contributed by atoms with Gasteiger partial charge in [0.05, 0.1) is 0 Å². The molecule has 0 unspecified atom stereocenters. The number of hydrogen-bond donors (Lipinski definition) is 3. The van der Waals surface area contributed by atoms with Gasteiger partial charge in [0.25, 0.3) is 0 Å². The molecule has 0 aliphatic heterocycles. The molecule has 0 saturated carbocycles. The van der Waals surface area contributed by atoms with Crippen LogP contribution in [0, 0.1) is 0 Å². The highest BCUT2D eigenvalue weighted by molar-refractivity contribution is 4.28. The van der Waals surface area contributed by atoms with Crippen molar-refractivity contribution in [2.24, 2.45) is 11.7 Å². The summed E-state index contributed by atoms with van der Waals surface area (Å²) in [5.74, 6) is 8.00. The molecule has 0 amide bonds. The molecule has 46 valence electrons. The average Bonchev–Trinajstić information content (AvgIpc) is 1.75. The van der Waals surface area contributed by atoms with Crippen molar-refractivity contribution < 1.29 is 0 Å². The SMILES string of the molecule is CCCNC.NN. The van der Waals surface area contributed by atoms with E-state index in [0.29, 0.717) is 0 Å². The highest BCUT2D eigenvalue weighted by atomic mass is 15.0. The van der Waals surface area contributed by atoms with E-state index >= 15 is 0 Å². The van der Waals surface area contributed by atoms with Gasteiger partial charge in [-0.3, -0.25) is 11.7 Å². The van der Waals surface area contributed by atoms with Crippen LogP contribution in [-0.2, 0) is 0 Å². The normalized spacial score (nSPS) is 6.86. The van der Waals surface area contributed by atoms with E-state index in [1.807, 2.05) is 7.05 Å². The van der Waals surface area contributed by atoms with E-state index in [1.54, 1.807) is 0 Å². The molecule has 0 bridgehead atoms. The fraction of sp³-hybridized carbons (Fsp3) is 1.00. The van der Waals surface area contributed by atoms with E-state index in [0.717, 1.165) is 6.54 Å². The van der Waals surface area contributed by atoms with Crippen LogP contribution in [0.1, 0.15) is 13.3 Å². The molecule has 0 heterocycles. The predicted molar refractivity (Wildman–Crippen MR) is 32.6 cm³/mol. The zero-order valence-electron chi connectivity index (χ0n) is 5.07. The Kier molecular flexibility index (Phi) is 24.1. The van der Waals surface area contributed by atoms with Crippen molar-refractivity contribution in [3.63, 3.8) is 0 Å². The summed E-state index contributed by atoms with van der Waals surface area (Å²) in [6.07, 6.45) is 1.23. The van der Waals surface area contributed by atoms with Gasteiger partial charge >= 0.3 is 0 Å². The van der Waals surface area contributed by atoms with Crippen LogP contribution in [0.3, 0.4) is 0 Å². The van der Waals surface area contributed by atoms with Crippen molar-refractivity contribution in [2.75, 3.05) is 13.6 Å². The van der Waals surface area contributed by atoms with Gasteiger partial charge in [-0.2, -0.15) is 0 Å². The van der Waals surface area contributed by atoms with Crippen molar-refractivity contribution >= 4 is 0 Å². The molecular weight excluding hydrogens is 90.1 g/mol. The van der Waals surface area contributed by atoms with Crippen LogP contribution in [-0.4, -0.2) is 13.6 Å². The van der Waals surface area contributed by atoms with Gasteiger partial charge in [0, 0.05) is 0 Å². The van der Waals surface area contributed by atoms with Crippen molar-refractivity contribution in [2.45, 2.75) is 13.3 Å². The van der Waals surface area contributed by atoms with E-state index < -0.39 is 0 Å². The van der Waals surface area contributed by atoms with Crippen LogP contribution >= 0.6 is 0 Å².